The van der Waals surface area contributed by atoms with Gasteiger partial charge in [-0.3, -0.25) is 9.59 Å². The second-order valence-corrected chi connectivity index (χ2v) is 2.44. The Hall–Kier alpha value is -0.204. The minimum atomic E-state index is -1.05. The Labute approximate surface area is 124 Å². The van der Waals surface area contributed by atoms with Gasteiger partial charge in [-0.15, -0.1) is 0 Å². The van der Waals surface area contributed by atoms with Crippen molar-refractivity contribution >= 4 is 63.3 Å². The number of amides is 1. The molecule has 1 rings (SSSR count). The molecule has 4 nitrogen and oxygen atoms in total. The number of carbonyl (C=O) groups is 2. The largest absolute Gasteiger partial charge is 0.480 e. The molecule has 0 unspecified atom stereocenters. The van der Waals surface area contributed by atoms with Crippen LogP contribution in [0.15, 0.2) is 30.3 Å². The van der Waals surface area contributed by atoms with Crippen molar-refractivity contribution in [2.24, 2.45) is 0 Å². The van der Waals surface area contributed by atoms with Gasteiger partial charge in [0.1, 0.15) is 6.54 Å². The fourth-order valence-corrected chi connectivity index (χ4v) is 0.847. The molecule has 0 aromatic heterocycles. The quantitative estimate of drug-likeness (QED) is 0.708. The standard InChI is InChI=1S/C9H9NO3.K/c11-8(12)6-10-9(13)7-4-2-1-3-5-7;/h1-5H,6H2,(H,10,13)(H,11,12);. The van der Waals surface area contributed by atoms with E-state index in [0.29, 0.717) is 5.56 Å². The first-order valence-electron chi connectivity index (χ1n) is 3.75. The molecular formula is C9H9KNO3. The third-order valence-electron chi connectivity index (χ3n) is 1.44. The average molecular weight is 218 g/mol. The number of hydrogen-bond donors (Lipinski definition) is 2. The maximum atomic E-state index is 11.2. The smallest absolute Gasteiger partial charge is 0.322 e. The van der Waals surface area contributed by atoms with Gasteiger partial charge in [-0.1, -0.05) is 18.2 Å². The van der Waals surface area contributed by atoms with Gasteiger partial charge in [0.2, 0.25) is 0 Å². The molecule has 2 N–H and O–H groups in total. The van der Waals surface area contributed by atoms with E-state index in [9.17, 15) is 9.59 Å². The Balaban J connectivity index is 0.00000169. The Kier molecular flexibility index (Phi) is 7.03. The van der Waals surface area contributed by atoms with E-state index in [2.05, 4.69) is 5.32 Å². The second kappa shape index (κ2) is 7.14. The number of benzene rings is 1. The number of rotatable bonds is 3. The van der Waals surface area contributed by atoms with Gasteiger partial charge < -0.3 is 10.4 Å². The monoisotopic (exact) mass is 218 g/mol. The van der Waals surface area contributed by atoms with Crippen molar-refractivity contribution in [2.45, 2.75) is 0 Å². The van der Waals surface area contributed by atoms with E-state index < -0.39 is 5.97 Å². The Morgan fingerprint density at radius 2 is 1.79 bits per heavy atom. The van der Waals surface area contributed by atoms with Crippen LogP contribution in [0, 0.1) is 0 Å². The summed E-state index contributed by atoms with van der Waals surface area (Å²) in [6.45, 7) is -0.353. The maximum Gasteiger partial charge on any atom is 0.322 e. The van der Waals surface area contributed by atoms with Crippen LogP contribution >= 0.6 is 0 Å². The zero-order chi connectivity index (χ0) is 9.68. The van der Waals surface area contributed by atoms with Crippen LogP contribution in [0.3, 0.4) is 0 Å². The molecular weight excluding hydrogens is 209 g/mol. The Morgan fingerprint density at radius 1 is 1.21 bits per heavy atom. The van der Waals surface area contributed by atoms with E-state index in [4.69, 9.17) is 5.11 Å². The number of carboxylic acids is 1. The van der Waals surface area contributed by atoms with E-state index in [1.807, 2.05) is 0 Å². The molecule has 1 aromatic rings. The molecule has 1 aromatic carbocycles. The second-order valence-electron chi connectivity index (χ2n) is 2.44. The summed E-state index contributed by atoms with van der Waals surface area (Å²) in [5.74, 6) is -1.42. The van der Waals surface area contributed by atoms with Crippen molar-refractivity contribution in [3.63, 3.8) is 0 Å². The van der Waals surface area contributed by atoms with Gasteiger partial charge >= 0.3 is 5.97 Å². The molecule has 0 fully saturated rings. The van der Waals surface area contributed by atoms with Gasteiger partial charge in [-0.05, 0) is 12.1 Å². The summed E-state index contributed by atoms with van der Waals surface area (Å²) >= 11 is 0. The molecule has 1 radical (unpaired) electrons. The molecule has 0 bridgehead atoms. The van der Waals surface area contributed by atoms with E-state index in [1.54, 1.807) is 30.3 Å². The normalized spacial score (nSPS) is 8.57. The Bertz CT molecular complexity index is 313. The third kappa shape index (κ3) is 4.87. The number of carboxylic acid groups (broad SMARTS) is 1. The SMILES string of the molecule is O=C(O)CNC(=O)c1ccccc1.[K]. The molecule has 1 amide bonds. The summed E-state index contributed by atoms with van der Waals surface area (Å²) in [6, 6.07) is 8.47. The molecule has 0 aliphatic heterocycles. The molecule has 14 heavy (non-hydrogen) atoms. The topological polar surface area (TPSA) is 66.4 Å². The zero-order valence-electron chi connectivity index (χ0n) is 7.86. The van der Waals surface area contributed by atoms with Crippen molar-refractivity contribution in [1.82, 2.24) is 5.32 Å². The summed E-state index contributed by atoms with van der Waals surface area (Å²) in [6.07, 6.45) is 0. The van der Waals surface area contributed by atoms with Crippen LogP contribution in [0.25, 0.3) is 0 Å². The van der Waals surface area contributed by atoms with E-state index in [1.165, 1.54) is 0 Å². The molecule has 0 atom stereocenters. The van der Waals surface area contributed by atoms with Gasteiger partial charge in [-0.2, -0.15) is 0 Å². The van der Waals surface area contributed by atoms with Crippen LogP contribution in [-0.2, 0) is 4.79 Å². The molecule has 0 saturated carbocycles. The van der Waals surface area contributed by atoms with Crippen molar-refractivity contribution in [3.8, 4) is 0 Å². The third-order valence-corrected chi connectivity index (χ3v) is 1.44. The molecule has 0 aliphatic rings. The van der Waals surface area contributed by atoms with Gasteiger partial charge in [0, 0.05) is 56.9 Å². The minimum Gasteiger partial charge on any atom is -0.480 e. The molecule has 0 saturated heterocycles. The van der Waals surface area contributed by atoms with Gasteiger partial charge in [0.05, 0.1) is 0 Å². The van der Waals surface area contributed by atoms with Crippen LogP contribution in [0.1, 0.15) is 10.4 Å². The Morgan fingerprint density at radius 3 is 2.29 bits per heavy atom. The molecule has 0 aliphatic carbocycles. The molecule has 0 heterocycles. The number of hydrogen-bond acceptors (Lipinski definition) is 2. The van der Waals surface area contributed by atoms with E-state index in [-0.39, 0.29) is 63.8 Å². The molecule has 69 valence electrons. The van der Waals surface area contributed by atoms with E-state index in [0.717, 1.165) is 0 Å². The number of nitrogens with one attached hydrogen (secondary N) is 1. The molecule has 0 spiro atoms. The fraction of sp³-hybridized carbons (Fsp3) is 0.111. The van der Waals surface area contributed by atoms with Crippen molar-refractivity contribution in [2.75, 3.05) is 6.54 Å². The molecule has 5 heteroatoms. The van der Waals surface area contributed by atoms with Crippen LogP contribution in [0.2, 0.25) is 0 Å². The van der Waals surface area contributed by atoms with Gasteiger partial charge in [-0.25, -0.2) is 0 Å². The van der Waals surface area contributed by atoms with Crippen molar-refractivity contribution in [3.05, 3.63) is 35.9 Å². The summed E-state index contributed by atoms with van der Waals surface area (Å²) < 4.78 is 0. The average Bonchev–Trinajstić information content (AvgIpc) is 2.15. The van der Waals surface area contributed by atoms with Gasteiger partial charge in [0.25, 0.3) is 5.91 Å². The first kappa shape index (κ1) is 13.8. The number of carbonyl (C=O) groups excluding carboxylic acids is 1. The van der Waals surface area contributed by atoms with Crippen LogP contribution in [-0.4, -0.2) is 74.9 Å². The predicted octanol–water partition coefficient (Wildman–Crippen LogP) is 0.120. The summed E-state index contributed by atoms with van der Waals surface area (Å²) in [5.41, 5.74) is 0.462. The zero-order valence-corrected chi connectivity index (χ0v) is 11.0. The van der Waals surface area contributed by atoms with Crippen molar-refractivity contribution in [1.29, 1.82) is 0 Å². The summed E-state index contributed by atoms with van der Waals surface area (Å²) in [5, 5.41) is 10.6. The first-order valence-corrected chi connectivity index (χ1v) is 3.75. The first-order chi connectivity index (χ1) is 6.20. The van der Waals surface area contributed by atoms with Crippen LogP contribution in [0.5, 0.6) is 0 Å². The van der Waals surface area contributed by atoms with Crippen molar-refractivity contribution < 1.29 is 14.7 Å². The summed E-state index contributed by atoms with van der Waals surface area (Å²) in [4.78, 5) is 21.3. The predicted molar refractivity (Wildman–Crippen MR) is 52.2 cm³/mol. The number of aliphatic carboxylic acids is 1. The van der Waals surface area contributed by atoms with Gasteiger partial charge in [0.15, 0.2) is 0 Å². The fourth-order valence-electron chi connectivity index (χ4n) is 0.847. The summed E-state index contributed by atoms with van der Waals surface area (Å²) in [7, 11) is 0. The maximum absolute atomic E-state index is 11.2. The van der Waals surface area contributed by atoms with E-state index >= 15 is 0 Å². The van der Waals surface area contributed by atoms with Crippen LogP contribution < -0.4 is 5.32 Å². The van der Waals surface area contributed by atoms with Crippen LogP contribution in [0.4, 0.5) is 0 Å². The minimum absolute atomic E-state index is 0.